The van der Waals surface area contributed by atoms with Gasteiger partial charge in [-0.15, -0.1) is 0 Å². The van der Waals surface area contributed by atoms with E-state index in [9.17, 15) is 4.79 Å². The van der Waals surface area contributed by atoms with Crippen LogP contribution in [0.25, 0.3) is 0 Å². The number of aryl methyl sites for hydroxylation is 1. The number of benzene rings is 1. The van der Waals surface area contributed by atoms with Crippen LogP contribution in [0.3, 0.4) is 0 Å². The van der Waals surface area contributed by atoms with Gasteiger partial charge in [0, 0.05) is 18.3 Å². The molecule has 0 saturated heterocycles. The second-order valence-electron chi connectivity index (χ2n) is 4.03. The van der Waals surface area contributed by atoms with Crippen LogP contribution in [0.15, 0.2) is 30.5 Å². The lowest BCUT2D eigenvalue weighted by Gasteiger charge is -2.02. The summed E-state index contributed by atoms with van der Waals surface area (Å²) >= 11 is 0. The normalized spacial score (nSPS) is 10.4. The SMILES string of the molecule is Cc1ccccc1Cc1ncc(CC(=O)O)[nH]1. The molecule has 0 aliphatic rings. The molecule has 0 spiro atoms. The molecule has 17 heavy (non-hydrogen) atoms. The summed E-state index contributed by atoms with van der Waals surface area (Å²) in [5.74, 6) is -0.0494. The van der Waals surface area contributed by atoms with E-state index in [2.05, 4.69) is 29.0 Å². The molecular weight excluding hydrogens is 216 g/mol. The van der Waals surface area contributed by atoms with Crippen molar-refractivity contribution in [1.82, 2.24) is 9.97 Å². The summed E-state index contributed by atoms with van der Waals surface area (Å²) in [7, 11) is 0. The molecule has 1 heterocycles. The highest BCUT2D eigenvalue weighted by atomic mass is 16.4. The molecule has 88 valence electrons. The Morgan fingerprint density at radius 1 is 1.41 bits per heavy atom. The van der Waals surface area contributed by atoms with Crippen molar-refractivity contribution in [3.63, 3.8) is 0 Å². The Morgan fingerprint density at radius 2 is 2.18 bits per heavy atom. The average molecular weight is 230 g/mol. The number of nitrogens with one attached hydrogen (secondary N) is 1. The Morgan fingerprint density at radius 3 is 2.88 bits per heavy atom. The predicted octanol–water partition coefficient (Wildman–Crippen LogP) is 1.94. The number of aromatic amines is 1. The number of carbonyl (C=O) groups is 1. The highest BCUT2D eigenvalue weighted by molar-refractivity contribution is 5.69. The molecule has 2 N–H and O–H groups in total. The first-order valence-electron chi connectivity index (χ1n) is 5.44. The van der Waals surface area contributed by atoms with Crippen LogP contribution in [0, 0.1) is 6.92 Å². The van der Waals surface area contributed by atoms with E-state index in [1.54, 1.807) is 6.20 Å². The van der Waals surface area contributed by atoms with Crippen LogP contribution >= 0.6 is 0 Å². The number of carboxylic acids is 1. The average Bonchev–Trinajstić information content (AvgIpc) is 2.68. The van der Waals surface area contributed by atoms with Gasteiger partial charge in [-0.2, -0.15) is 0 Å². The number of H-pyrrole nitrogens is 1. The van der Waals surface area contributed by atoms with Crippen LogP contribution in [-0.4, -0.2) is 21.0 Å². The predicted molar refractivity (Wildman–Crippen MR) is 63.9 cm³/mol. The minimum atomic E-state index is -0.851. The molecule has 2 rings (SSSR count). The minimum Gasteiger partial charge on any atom is -0.481 e. The number of hydrogen-bond acceptors (Lipinski definition) is 2. The number of hydrogen-bond donors (Lipinski definition) is 2. The summed E-state index contributed by atoms with van der Waals surface area (Å²) in [5, 5.41) is 8.66. The van der Waals surface area contributed by atoms with Crippen molar-refractivity contribution in [2.75, 3.05) is 0 Å². The van der Waals surface area contributed by atoms with E-state index in [0.29, 0.717) is 12.1 Å². The van der Waals surface area contributed by atoms with E-state index in [4.69, 9.17) is 5.11 Å². The lowest BCUT2D eigenvalue weighted by Crippen LogP contribution is -2.00. The van der Waals surface area contributed by atoms with E-state index in [1.165, 1.54) is 11.1 Å². The third-order valence-corrected chi connectivity index (χ3v) is 2.64. The number of aromatic nitrogens is 2. The van der Waals surface area contributed by atoms with Crippen LogP contribution in [-0.2, 0) is 17.6 Å². The van der Waals surface area contributed by atoms with Gasteiger partial charge >= 0.3 is 5.97 Å². The van der Waals surface area contributed by atoms with Gasteiger partial charge in [-0.3, -0.25) is 4.79 Å². The molecule has 0 atom stereocenters. The Bertz CT molecular complexity index is 532. The topological polar surface area (TPSA) is 66.0 Å². The van der Waals surface area contributed by atoms with Crippen molar-refractivity contribution in [3.8, 4) is 0 Å². The summed E-state index contributed by atoms with van der Waals surface area (Å²) in [6.07, 6.45) is 2.27. The molecule has 0 unspecified atom stereocenters. The van der Waals surface area contributed by atoms with Crippen molar-refractivity contribution in [1.29, 1.82) is 0 Å². The zero-order valence-electron chi connectivity index (χ0n) is 9.60. The number of carboxylic acid groups (broad SMARTS) is 1. The highest BCUT2D eigenvalue weighted by Crippen LogP contribution is 2.11. The third kappa shape index (κ3) is 2.93. The molecule has 0 aliphatic heterocycles. The molecular formula is C13H14N2O2. The summed E-state index contributed by atoms with van der Waals surface area (Å²) < 4.78 is 0. The van der Waals surface area contributed by atoms with Crippen LogP contribution in [0.2, 0.25) is 0 Å². The molecule has 2 aromatic rings. The monoisotopic (exact) mass is 230 g/mol. The van der Waals surface area contributed by atoms with Gasteiger partial charge < -0.3 is 10.1 Å². The second-order valence-corrected chi connectivity index (χ2v) is 4.03. The van der Waals surface area contributed by atoms with Gasteiger partial charge in [0.1, 0.15) is 5.82 Å². The lowest BCUT2D eigenvalue weighted by atomic mass is 10.1. The first-order chi connectivity index (χ1) is 8.15. The van der Waals surface area contributed by atoms with E-state index in [-0.39, 0.29) is 6.42 Å². The summed E-state index contributed by atoms with van der Waals surface area (Å²) in [4.78, 5) is 17.8. The summed E-state index contributed by atoms with van der Waals surface area (Å²) in [6, 6.07) is 8.09. The van der Waals surface area contributed by atoms with Gasteiger partial charge in [-0.05, 0) is 18.1 Å². The third-order valence-electron chi connectivity index (χ3n) is 2.64. The molecule has 4 heteroatoms. The first-order valence-corrected chi connectivity index (χ1v) is 5.44. The van der Waals surface area contributed by atoms with Gasteiger partial charge in [-0.1, -0.05) is 24.3 Å². The smallest absolute Gasteiger partial charge is 0.309 e. The number of imidazole rings is 1. The number of nitrogens with zero attached hydrogens (tertiary/aromatic N) is 1. The van der Waals surface area contributed by atoms with Gasteiger partial charge in [0.25, 0.3) is 0 Å². The highest BCUT2D eigenvalue weighted by Gasteiger charge is 2.06. The zero-order valence-corrected chi connectivity index (χ0v) is 9.60. The van der Waals surface area contributed by atoms with Gasteiger partial charge in [0.05, 0.1) is 6.42 Å². The van der Waals surface area contributed by atoms with Crippen molar-refractivity contribution in [2.45, 2.75) is 19.8 Å². The Labute approximate surface area is 99.3 Å². The molecule has 1 aromatic carbocycles. The van der Waals surface area contributed by atoms with Crippen LogP contribution in [0.4, 0.5) is 0 Å². The lowest BCUT2D eigenvalue weighted by molar-refractivity contribution is -0.136. The molecule has 0 radical (unpaired) electrons. The van der Waals surface area contributed by atoms with Crippen LogP contribution in [0.5, 0.6) is 0 Å². The van der Waals surface area contributed by atoms with E-state index in [1.807, 2.05) is 12.1 Å². The van der Waals surface area contributed by atoms with Crippen molar-refractivity contribution in [3.05, 3.63) is 53.1 Å². The van der Waals surface area contributed by atoms with Crippen molar-refractivity contribution in [2.24, 2.45) is 0 Å². The molecule has 1 aromatic heterocycles. The fourth-order valence-corrected chi connectivity index (χ4v) is 1.74. The Hall–Kier alpha value is -2.10. The van der Waals surface area contributed by atoms with Gasteiger partial charge in [0.15, 0.2) is 0 Å². The molecule has 0 aliphatic carbocycles. The maximum atomic E-state index is 10.5. The van der Waals surface area contributed by atoms with E-state index >= 15 is 0 Å². The molecule has 0 saturated carbocycles. The fraction of sp³-hybridized carbons (Fsp3) is 0.231. The molecule has 0 bridgehead atoms. The fourth-order valence-electron chi connectivity index (χ4n) is 1.74. The number of rotatable bonds is 4. The van der Waals surface area contributed by atoms with Crippen molar-refractivity contribution < 1.29 is 9.90 Å². The second kappa shape index (κ2) is 4.82. The molecule has 4 nitrogen and oxygen atoms in total. The summed E-state index contributed by atoms with van der Waals surface area (Å²) in [5.41, 5.74) is 3.05. The zero-order chi connectivity index (χ0) is 12.3. The van der Waals surface area contributed by atoms with Gasteiger partial charge in [0.2, 0.25) is 0 Å². The van der Waals surface area contributed by atoms with Gasteiger partial charge in [-0.25, -0.2) is 4.98 Å². The van der Waals surface area contributed by atoms with Crippen LogP contribution < -0.4 is 0 Å². The number of aliphatic carboxylic acids is 1. The summed E-state index contributed by atoms with van der Waals surface area (Å²) in [6.45, 7) is 2.05. The Kier molecular flexibility index (Phi) is 3.23. The molecule has 0 fully saturated rings. The van der Waals surface area contributed by atoms with E-state index in [0.717, 1.165) is 5.82 Å². The van der Waals surface area contributed by atoms with Crippen LogP contribution in [0.1, 0.15) is 22.6 Å². The first kappa shape index (κ1) is 11.4. The Balaban J connectivity index is 2.12. The van der Waals surface area contributed by atoms with E-state index < -0.39 is 5.97 Å². The minimum absolute atomic E-state index is 0.0131. The maximum absolute atomic E-state index is 10.5. The maximum Gasteiger partial charge on any atom is 0.309 e. The standard InChI is InChI=1S/C13H14N2O2/c1-9-4-2-3-5-10(9)6-12-14-8-11(15-12)7-13(16)17/h2-5,8H,6-7H2,1H3,(H,14,15)(H,16,17). The quantitative estimate of drug-likeness (QED) is 0.843. The van der Waals surface area contributed by atoms with Crippen molar-refractivity contribution >= 4 is 5.97 Å². The molecule has 0 amide bonds. The largest absolute Gasteiger partial charge is 0.481 e.